The molecule has 0 unspecified atom stereocenters. The molecule has 0 aromatic heterocycles. The Morgan fingerprint density at radius 3 is 2.21 bits per heavy atom. The van der Waals surface area contributed by atoms with Crippen LogP contribution >= 0.6 is 12.4 Å². The Morgan fingerprint density at radius 1 is 1.21 bits per heavy atom. The highest BCUT2D eigenvalue weighted by molar-refractivity contribution is 5.95. The minimum atomic E-state index is 0. The molecule has 0 aliphatic heterocycles. The Labute approximate surface area is 121 Å². The van der Waals surface area contributed by atoms with E-state index in [-0.39, 0.29) is 24.4 Å². The molecule has 1 aromatic rings. The number of rotatable bonds is 3. The number of hydrogen-bond acceptors (Lipinski definition) is 2. The Bertz CT molecular complexity index is 411. The van der Waals surface area contributed by atoms with Gasteiger partial charge in [-0.05, 0) is 51.0 Å². The normalized spacial score (nSPS) is 15.3. The number of nitrogen functional groups attached to an aromatic ring is 1. The van der Waals surface area contributed by atoms with Crippen LogP contribution in [-0.4, -0.2) is 22.9 Å². The smallest absolute Gasteiger partial charge is 0.254 e. The highest BCUT2D eigenvalue weighted by Gasteiger charge is 2.29. The van der Waals surface area contributed by atoms with Crippen molar-refractivity contribution >= 4 is 24.0 Å². The fraction of sp³-hybridized carbons (Fsp3) is 0.533. The van der Waals surface area contributed by atoms with Gasteiger partial charge in [0.15, 0.2) is 0 Å². The third kappa shape index (κ3) is 3.63. The van der Waals surface area contributed by atoms with Gasteiger partial charge in [0, 0.05) is 23.3 Å². The van der Waals surface area contributed by atoms with Crippen LogP contribution in [0.3, 0.4) is 0 Å². The second kappa shape index (κ2) is 6.80. The molecule has 2 rings (SSSR count). The molecule has 2 N–H and O–H groups in total. The zero-order valence-corrected chi connectivity index (χ0v) is 12.5. The average molecular weight is 283 g/mol. The number of anilines is 1. The zero-order valence-electron chi connectivity index (χ0n) is 11.6. The summed E-state index contributed by atoms with van der Waals surface area (Å²) >= 11 is 0. The molecule has 1 fully saturated rings. The van der Waals surface area contributed by atoms with Crippen molar-refractivity contribution < 1.29 is 4.79 Å². The van der Waals surface area contributed by atoms with Gasteiger partial charge in [-0.25, -0.2) is 0 Å². The molecule has 0 saturated heterocycles. The van der Waals surface area contributed by atoms with E-state index in [4.69, 9.17) is 5.73 Å². The van der Waals surface area contributed by atoms with Gasteiger partial charge in [0.05, 0.1) is 0 Å². The second-order valence-corrected chi connectivity index (χ2v) is 5.37. The molecule has 0 atom stereocenters. The summed E-state index contributed by atoms with van der Waals surface area (Å²) in [6, 6.07) is 7.89. The number of carbonyl (C=O) groups excluding carboxylic acids is 1. The van der Waals surface area contributed by atoms with E-state index < -0.39 is 0 Å². The van der Waals surface area contributed by atoms with Crippen LogP contribution in [0, 0.1) is 0 Å². The van der Waals surface area contributed by atoms with Gasteiger partial charge in [0.1, 0.15) is 0 Å². The summed E-state index contributed by atoms with van der Waals surface area (Å²) in [6.07, 6.45) is 4.75. The molecule has 0 radical (unpaired) electrons. The van der Waals surface area contributed by atoms with Crippen LogP contribution in [0.2, 0.25) is 0 Å². The topological polar surface area (TPSA) is 46.3 Å². The number of hydrogen-bond donors (Lipinski definition) is 1. The quantitative estimate of drug-likeness (QED) is 0.863. The van der Waals surface area contributed by atoms with E-state index in [1.165, 1.54) is 12.8 Å². The predicted octanol–water partition coefficient (Wildman–Crippen LogP) is 3.48. The molecule has 19 heavy (non-hydrogen) atoms. The van der Waals surface area contributed by atoms with Gasteiger partial charge in [-0.15, -0.1) is 12.4 Å². The van der Waals surface area contributed by atoms with Gasteiger partial charge in [-0.2, -0.15) is 0 Å². The molecular formula is C15H23ClN2O. The number of nitrogens with zero attached hydrogens (tertiary/aromatic N) is 1. The molecule has 1 aromatic carbocycles. The summed E-state index contributed by atoms with van der Waals surface area (Å²) in [7, 11) is 0. The van der Waals surface area contributed by atoms with Gasteiger partial charge in [0.25, 0.3) is 5.91 Å². The van der Waals surface area contributed by atoms with Gasteiger partial charge in [-0.1, -0.05) is 12.8 Å². The predicted molar refractivity (Wildman–Crippen MR) is 81.7 cm³/mol. The maximum atomic E-state index is 12.6. The van der Waals surface area contributed by atoms with Gasteiger partial charge < -0.3 is 10.6 Å². The lowest BCUT2D eigenvalue weighted by Crippen LogP contribution is -2.43. The summed E-state index contributed by atoms with van der Waals surface area (Å²) in [4.78, 5) is 14.6. The maximum Gasteiger partial charge on any atom is 0.254 e. The van der Waals surface area contributed by atoms with E-state index in [0.29, 0.717) is 11.7 Å². The van der Waals surface area contributed by atoms with Crippen LogP contribution in [0.1, 0.15) is 49.9 Å². The maximum absolute atomic E-state index is 12.6. The van der Waals surface area contributed by atoms with Crippen LogP contribution in [0.4, 0.5) is 5.69 Å². The highest BCUT2D eigenvalue weighted by Crippen LogP contribution is 2.26. The van der Waals surface area contributed by atoms with Crippen LogP contribution in [0.15, 0.2) is 24.3 Å². The van der Waals surface area contributed by atoms with E-state index in [1.54, 1.807) is 12.1 Å². The van der Waals surface area contributed by atoms with Crippen molar-refractivity contribution in [2.45, 2.75) is 51.6 Å². The van der Waals surface area contributed by atoms with E-state index in [0.717, 1.165) is 18.4 Å². The lowest BCUT2D eigenvalue weighted by Gasteiger charge is -2.33. The SMILES string of the molecule is CC(C)N(C(=O)c1ccc(N)cc1)C1CCCC1.Cl. The first-order valence-corrected chi connectivity index (χ1v) is 6.78. The molecule has 1 aliphatic carbocycles. The first-order chi connectivity index (χ1) is 8.59. The summed E-state index contributed by atoms with van der Waals surface area (Å²) in [5.74, 6) is 0.136. The monoisotopic (exact) mass is 282 g/mol. The molecule has 1 saturated carbocycles. The van der Waals surface area contributed by atoms with Crippen molar-refractivity contribution in [3.05, 3.63) is 29.8 Å². The molecule has 3 nitrogen and oxygen atoms in total. The summed E-state index contributed by atoms with van der Waals surface area (Å²) in [5, 5.41) is 0. The fourth-order valence-electron chi connectivity index (χ4n) is 2.78. The first kappa shape index (κ1) is 15.8. The molecule has 1 amide bonds. The van der Waals surface area contributed by atoms with Crippen molar-refractivity contribution in [2.24, 2.45) is 0 Å². The van der Waals surface area contributed by atoms with Crippen molar-refractivity contribution in [2.75, 3.05) is 5.73 Å². The number of nitrogens with two attached hydrogens (primary N) is 1. The minimum Gasteiger partial charge on any atom is -0.399 e. The molecule has 0 heterocycles. The summed E-state index contributed by atoms with van der Waals surface area (Å²) in [6.45, 7) is 4.18. The van der Waals surface area contributed by atoms with E-state index >= 15 is 0 Å². The lowest BCUT2D eigenvalue weighted by molar-refractivity contribution is 0.0613. The fourth-order valence-corrected chi connectivity index (χ4v) is 2.78. The van der Waals surface area contributed by atoms with Crippen molar-refractivity contribution in [3.63, 3.8) is 0 Å². The summed E-state index contributed by atoms with van der Waals surface area (Å²) < 4.78 is 0. The van der Waals surface area contributed by atoms with Gasteiger partial charge in [0.2, 0.25) is 0 Å². The first-order valence-electron chi connectivity index (χ1n) is 6.78. The van der Waals surface area contributed by atoms with Crippen LogP contribution in [0.5, 0.6) is 0 Å². The average Bonchev–Trinajstić information content (AvgIpc) is 2.83. The van der Waals surface area contributed by atoms with E-state index in [9.17, 15) is 4.79 Å². The van der Waals surface area contributed by atoms with E-state index in [2.05, 4.69) is 13.8 Å². The molecule has 0 bridgehead atoms. The number of halogens is 1. The van der Waals surface area contributed by atoms with Crippen molar-refractivity contribution in [1.29, 1.82) is 0 Å². The van der Waals surface area contributed by atoms with Crippen LogP contribution in [-0.2, 0) is 0 Å². The summed E-state index contributed by atoms with van der Waals surface area (Å²) in [5.41, 5.74) is 7.10. The molecule has 106 valence electrons. The number of benzene rings is 1. The second-order valence-electron chi connectivity index (χ2n) is 5.37. The zero-order chi connectivity index (χ0) is 13.1. The van der Waals surface area contributed by atoms with Crippen LogP contribution in [0.25, 0.3) is 0 Å². The lowest BCUT2D eigenvalue weighted by atomic mass is 10.1. The van der Waals surface area contributed by atoms with Crippen LogP contribution < -0.4 is 5.73 Å². The molecule has 0 spiro atoms. The van der Waals surface area contributed by atoms with Crippen molar-refractivity contribution in [1.82, 2.24) is 4.90 Å². The Kier molecular flexibility index (Phi) is 5.67. The Balaban J connectivity index is 0.00000180. The molecule has 1 aliphatic rings. The Hall–Kier alpha value is -1.22. The van der Waals surface area contributed by atoms with E-state index in [1.807, 2.05) is 17.0 Å². The van der Waals surface area contributed by atoms with Crippen molar-refractivity contribution in [3.8, 4) is 0 Å². The molecule has 4 heteroatoms. The number of carbonyl (C=O) groups is 1. The Morgan fingerprint density at radius 2 is 1.74 bits per heavy atom. The standard InChI is InChI=1S/C15H22N2O.ClH/c1-11(2)17(14-5-3-4-6-14)15(18)12-7-9-13(16)10-8-12;/h7-11,14H,3-6,16H2,1-2H3;1H. The van der Waals surface area contributed by atoms with Gasteiger partial charge >= 0.3 is 0 Å². The third-order valence-electron chi connectivity index (χ3n) is 3.67. The molecular weight excluding hydrogens is 260 g/mol. The third-order valence-corrected chi connectivity index (χ3v) is 3.67. The van der Waals surface area contributed by atoms with Gasteiger partial charge in [-0.3, -0.25) is 4.79 Å². The minimum absolute atomic E-state index is 0. The highest BCUT2D eigenvalue weighted by atomic mass is 35.5. The number of amides is 1. The largest absolute Gasteiger partial charge is 0.399 e.